The van der Waals surface area contributed by atoms with Crippen molar-refractivity contribution < 1.29 is 5.21 Å². The Kier molecular flexibility index (Phi) is 3.93. The van der Waals surface area contributed by atoms with Gasteiger partial charge in [0.05, 0.1) is 6.20 Å². The summed E-state index contributed by atoms with van der Waals surface area (Å²) in [6, 6.07) is 5.88. The molecule has 0 aliphatic carbocycles. The molecule has 0 aliphatic heterocycles. The van der Waals surface area contributed by atoms with Crippen molar-refractivity contribution in [2.24, 2.45) is 17.9 Å². The number of aryl methyl sites for hydroxylation is 2. The molecule has 0 atom stereocenters. The third-order valence-corrected chi connectivity index (χ3v) is 3.13. The summed E-state index contributed by atoms with van der Waals surface area (Å²) in [5.41, 5.74) is 9.55. The maximum absolute atomic E-state index is 8.91. The number of nitrogens with zero attached hydrogens (tertiary/aromatic N) is 4. The molecule has 2 rings (SSSR count). The summed E-state index contributed by atoms with van der Waals surface area (Å²) < 4.78 is 1.77. The van der Waals surface area contributed by atoms with E-state index in [-0.39, 0.29) is 5.84 Å². The standard InChI is InChI=1S/C14H19N5O/c1-10-4-5-13(12(6-10)14(15)17-20)18(2)8-11-7-16-19(3)9-11/h4-7,9,20H,8H2,1-3H3,(H2,15,17). The molecule has 6 nitrogen and oxygen atoms in total. The van der Waals surface area contributed by atoms with Gasteiger partial charge >= 0.3 is 0 Å². The fourth-order valence-corrected chi connectivity index (χ4v) is 2.15. The summed E-state index contributed by atoms with van der Waals surface area (Å²) in [5.74, 6) is 0.113. The van der Waals surface area contributed by atoms with Crippen LogP contribution in [0.25, 0.3) is 0 Å². The minimum absolute atomic E-state index is 0.113. The van der Waals surface area contributed by atoms with E-state index in [1.807, 2.05) is 56.5 Å². The van der Waals surface area contributed by atoms with Gasteiger partial charge in [-0.1, -0.05) is 16.8 Å². The van der Waals surface area contributed by atoms with Crippen LogP contribution in [0.4, 0.5) is 5.69 Å². The van der Waals surface area contributed by atoms with E-state index in [0.29, 0.717) is 6.54 Å². The summed E-state index contributed by atoms with van der Waals surface area (Å²) in [5, 5.41) is 16.2. The van der Waals surface area contributed by atoms with Gasteiger partial charge < -0.3 is 15.8 Å². The number of hydrogen-bond acceptors (Lipinski definition) is 4. The van der Waals surface area contributed by atoms with Gasteiger partial charge in [0.25, 0.3) is 0 Å². The smallest absolute Gasteiger partial charge is 0.172 e. The quantitative estimate of drug-likeness (QED) is 0.382. The Morgan fingerprint density at radius 2 is 2.25 bits per heavy atom. The SMILES string of the molecule is Cc1ccc(N(C)Cc2cnn(C)c2)c(/C(N)=N/O)c1. The van der Waals surface area contributed by atoms with Crippen LogP contribution >= 0.6 is 0 Å². The van der Waals surface area contributed by atoms with Crippen LogP contribution in [0.1, 0.15) is 16.7 Å². The van der Waals surface area contributed by atoms with Gasteiger partial charge in [-0.2, -0.15) is 5.10 Å². The number of aromatic nitrogens is 2. The van der Waals surface area contributed by atoms with Crippen molar-refractivity contribution in [3.05, 3.63) is 47.3 Å². The highest BCUT2D eigenvalue weighted by Crippen LogP contribution is 2.22. The van der Waals surface area contributed by atoms with Crippen LogP contribution in [-0.2, 0) is 13.6 Å². The fraction of sp³-hybridized carbons (Fsp3) is 0.286. The Hall–Kier alpha value is -2.50. The van der Waals surface area contributed by atoms with Crippen LogP contribution in [0.3, 0.4) is 0 Å². The fourth-order valence-electron chi connectivity index (χ4n) is 2.15. The Bertz CT molecular complexity index is 632. The molecule has 0 fully saturated rings. The maximum atomic E-state index is 8.91. The Morgan fingerprint density at radius 1 is 1.50 bits per heavy atom. The van der Waals surface area contributed by atoms with Crippen molar-refractivity contribution in [1.29, 1.82) is 0 Å². The minimum atomic E-state index is 0.113. The van der Waals surface area contributed by atoms with Crippen LogP contribution in [0.5, 0.6) is 0 Å². The second-order valence-electron chi connectivity index (χ2n) is 4.88. The predicted molar refractivity (Wildman–Crippen MR) is 79.0 cm³/mol. The molecule has 0 unspecified atom stereocenters. The number of rotatable bonds is 4. The van der Waals surface area contributed by atoms with Crippen molar-refractivity contribution >= 4 is 11.5 Å². The third kappa shape index (κ3) is 2.90. The molecular weight excluding hydrogens is 254 g/mol. The largest absolute Gasteiger partial charge is 0.409 e. The van der Waals surface area contributed by atoms with Crippen molar-refractivity contribution in [2.75, 3.05) is 11.9 Å². The van der Waals surface area contributed by atoms with Crippen LogP contribution in [0.15, 0.2) is 35.7 Å². The molecule has 1 aromatic carbocycles. The summed E-state index contributed by atoms with van der Waals surface area (Å²) >= 11 is 0. The summed E-state index contributed by atoms with van der Waals surface area (Å²) in [6.45, 7) is 2.67. The average Bonchev–Trinajstić information content (AvgIpc) is 2.82. The second-order valence-corrected chi connectivity index (χ2v) is 4.88. The molecule has 6 heteroatoms. The van der Waals surface area contributed by atoms with Crippen LogP contribution in [0.2, 0.25) is 0 Å². The molecule has 3 N–H and O–H groups in total. The lowest BCUT2D eigenvalue weighted by Gasteiger charge is -2.22. The van der Waals surface area contributed by atoms with Gasteiger partial charge in [0, 0.05) is 43.7 Å². The van der Waals surface area contributed by atoms with E-state index < -0.39 is 0 Å². The number of hydrogen-bond donors (Lipinski definition) is 2. The number of oxime groups is 1. The van der Waals surface area contributed by atoms with Gasteiger partial charge in [0.2, 0.25) is 0 Å². The lowest BCUT2D eigenvalue weighted by molar-refractivity contribution is 0.318. The predicted octanol–water partition coefficient (Wildman–Crippen LogP) is 1.46. The van der Waals surface area contributed by atoms with Crippen LogP contribution in [0, 0.1) is 6.92 Å². The van der Waals surface area contributed by atoms with E-state index in [4.69, 9.17) is 10.9 Å². The maximum Gasteiger partial charge on any atom is 0.172 e. The van der Waals surface area contributed by atoms with E-state index in [1.165, 1.54) is 0 Å². The van der Waals surface area contributed by atoms with E-state index in [2.05, 4.69) is 10.3 Å². The molecule has 0 spiro atoms. The summed E-state index contributed by atoms with van der Waals surface area (Å²) in [4.78, 5) is 2.05. The van der Waals surface area contributed by atoms with Gasteiger partial charge in [0.15, 0.2) is 5.84 Å². The van der Waals surface area contributed by atoms with E-state index in [9.17, 15) is 0 Å². The molecule has 2 aromatic rings. The Morgan fingerprint density at radius 3 is 2.85 bits per heavy atom. The zero-order chi connectivity index (χ0) is 14.7. The number of nitrogens with two attached hydrogens (primary N) is 1. The Balaban J connectivity index is 2.31. The highest BCUT2D eigenvalue weighted by molar-refractivity contribution is 6.02. The first-order valence-electron chi connectivity index (χ1n) is 6.28. The molecule has 0 bridgehead atoms. The van der Waals surface area contributed by atoms with Crippen LogP contribution in [-0.4, -0.2) is 27.9 Å². The molecule has 0 radical (unpaired) electrons. The van der Waals surface area contributed by atoms with E-state index in [1.54, 1.807) is 4.68 Å². The van der Waals surface area contributed by atoms with Crippen LogP contribution < -0.4 is 10.6 Å². The molecule has 0 saturated heterocycles. The highest BCUT2D eigenvalue weighted by Gasteiger charge is 2.12. The normalized spacial score (nSPS) is 11.7. The van der Waals surface area contributed by atoms with Gasteiger partial charge in [-0.25, -0.2) is 0 Å². The minimum Gasteiger partial charge on any atom is -0.409 e. The summed E-state index contributed by atoms with van der Waals surface area (Å²) in [6.07, 6.45) is 3.79. The highest BCUT2D eigenvalue weighted by atomic mass is 16.4. The number of benzene rings is 1. The topological polar surface area (TPSA) is 79.7 Å². The number of anilines is 1. The van der Waals surface area contributed by atoms with Gasteiger partial charge in [-0.15, -0.1) is 0 Å². The lowest BCUT2D eigenvalue weighted by Crippen LogP contribution is -2.22. The van der Waals surface area contributed by atoms with E-state index in [0.717, 1.165) is 22.4 Å². The lowest BCUT2D eigenvalue weighted by atomic mass is 10.1. The first kappa shape index (κ1) is 13.9. The second kappa shape index (κ2) is 5.64. The monoisotopic (exact) mass is 273 g/mol. The molecule has 20 heavy (non-hydrogen) atoms. The van der Waals surface area contributed by atoms with Gasteiger partial charge in [-0.3, -0.25) is 4.68 Å². The molecule has 1 aromatic heterocycles. The molecule has 0 saturated carbocycles. The van der Waals surface area contributed by atoms with Crippen molar-refractivity contribution in [2.45, 2.75) is 13.5 Å². The van der Waals surface area contributed by atoms with E-state index >= 15 is 0 Å². The van der Waals surface area contributed by atoms with Gasteiger partial charge in [0.1, 0.15) is 0 Å². The average molecular weight is 273 g/mol. The summed E-state index contributed by atoms with van der Waals surface area (Å²) in [7, 11) is 3.85. The van der Waals surface area contributed by atoms with Crippen molar-refractivity contribution in [3.63, 3.8) is 0 Å². The van der Waals surface area contributed by atoms with Crippen molar-refractivity contribution in [1.82, 2.24) is 9.78 Å². The first-order valence-corrected chi connectivity index (χ1v) is 6.28. The molecule has 1 heterocycles. The number of amidine groups is 1. The molecule has 0 aliphatic rings. The van der Waals surface area contributed by atoms with Crippen molar-refractivity contribution in [3.8, 4) is 0 Å². The zero-order valence-electron chi connectivity index (χ0n) is 11.9. The third-order valence-electron chi connectivity index (χ3n) is 3.13. The molecular formula is C14H19N5O. The zero-order valence-corrected chi connectivity index (χ0v) is 11.9. The Labute approximate surface area is 118 Å². The molecule has 0 amide bonds. The van der Waals surface area contributed by atoms with Gasteiger partial charge in [-0.05, 0) is 19.1 Å². The first-order chi connectivity index (χ1) is 9.51. The molecule has 106 valence electrons.